The molecule has 0 radical (unpaired) electrons. The zero-order valence-electron chi connectivity index (χ0n) is 12.7. The van der Waals surface area contributed by atoms with Crippen molar-refractivity contribution in [3.8, 4) is 0 Å². The van der Waals surface area contributed by atoms with Gasteiger partial charge >= 0.3 is 0 Å². The molecule has 20 heavy (non-hydrogen) atoms. The Balaban J connectivity index is 2.06. The van der Waals surface area contributed by atoms with Gasteiger partial charge in [-0.2, -0.15) is 0 Å². The van der Waals surface area contributed by atoms with Crippen molar-refractivity contribution in [3.05, 3.63) is 35.9 Å². The highest BCUT2D eigenvalue weighted by Crippen LogP contribution is 2.25. The number of aldehydes is 1. The van der Waals surface area contributed by atoms with Gasteiger partial charge in [-0.05, 0) is 25.3 Å². The number of hydrogen-bond donors (Lipinski definition) is 0. The van der Waals surface area contributed by atoms with Gasteiger partial charge in [-0.3, -0.25) is 0 Å². The lowest BCUT2D eigenvalue weighted by Gasteiger charge is -2.42. The second-order valence-electron chi connectivity index (χ2n) is 5.85. The first-order valence-electron chi connectivity index (χ1n) is 7.71. The smallest absolute Gasteiger partial charge is 0.138 e. The molecular formula is C17H26N2O. The van der Waals surface area contributed by atoms with E-state index in [0.29, 0.717) is 6.04 Å². The fourth-order valence-corrected chi connectivity index (χ4v) is 3.26. The largest absolute Gasteiger partial charge is 0.302 e. The Morgan fingerprint density at radius 3 is 2.45 bits per heavy atom. The van der Waals surface area contributed by atoms with Gasteiger partial charge in [-0.25, -0.2) is 10.0 Å². The first kappa shape index (κ1) is 15.2. The van der Waals surface area contributed by atoms with Crippen LogP contribution in [0.3, 0.4) is 0 Å². The van der Waals surface area contributed by atoms with E-state index < -0.39 is 0 Å². The zero-order valence-corrected chi connectivity index (χ0v) is 12.7. The Kier molecular flexibility index (Phi) is 5.74. The highest BCUT2D eigenvalue weighted by atomic mass is 16.1. The Labute approximate surface area is 122 Å². The molecule has 0 N–H and O–H groups in total. The van der Waals surface area contributed by atoms with Crippen LogP contribution in [-0.4, -0.2) is 35.4 Å². The van der Waals surface area contributed by atoms with E-state index in [1.165, 1.54) is 37.7 Å². The standard InChI is InChI=1S/C17H26N2O/c1-15(14-20)19(17-11-7-4-8-12-17)18(2)13-16-9-5-3-6-10-16/h3,5-6,9-10,14-15,17H,4,7-8,11-13H2,1-2H3/t15-/m0/s1. The lowest BCUT2D eigenvalue weighted by molar-refractivity contribution is -0.128. The van der Waals surface area contributed by atoms with Gasteiger partial charge in [-0.15, -0.1) is 0 Å². The van der Waals surface area contributed by atoms with Gasteiger partial charge in [-0.1, -0.05) is 49.6 Å². The topological polar surface area (TPSA) is 23.6 Å². The highest BCUT2D eigenvalue weighted by Gasteiger charge is 2.28. The molecule has 110 valence electrons. The summed E-state index contributed by atoms with van der Waals surface area (Å²) in [5, 5.41) is 4.52. The van der Waals surface area contributed by atoms with Crippen molar-refractivity contribution in [2.24, 2.45) is 0 Å². The zero-order chi connectivity index (χ0) is 14.4. The van der Waals surface area contributed by atoms with Gasteiger partial charge < -0.3 is 4.79 Å². The predicted molar refractivity (Wildman–Crippen MR) is 82.1 cm³/mol. The summed E-state index contributed by atoms with van der Waals surface area (Å²) >= 11 is 0. The van der Waals surface area contributed by atoms with Crippen molar-refractivity contribution in [1.29, 1.82) is 0 Å². The van der Waals surface area contributed by atoms with Crippen LogP contribution in [0.5, 0.6) is 0 Å². The summed E-state index contributed by atoms with van der Waals surface area (Å²) in [5.74, 6) is 0. The molecule has 1 aromatic rings. The van der Waals surface area contributed by atoms with Crippen LogP contribution in [0.2, 0.25) is 0 Å². The van der Waals surface area contributed by atoms with Crippen LogP contribution < -0.4 is 0 Å². The Morgan fingerprint density at radius 1 is 1.20 bits per heavy atom. The summed E-state index contributed by atoms with van der Waals surface area (Å²) in [6.07, 6.45) is 7.38. The van der Waals surface area contributed by atoms with Crippen LogP contribution in [0.4, 0.5) is 0 Å². The minimum Gasteiger partial charge on any atom is -0.302 e. The van der Waals surface area contributed by atoms with Gasteiger partial charge in [0.2, 0.25) is 0 Å². The summed E-state index contributed by atoms with van der Waals surface area (Å²) < 4.78 is 0. The van der Waals surface area contributed by atoms with Crippen LogP contribution in [-0.2, 0) is 11.3 Å². The third-order valence-corrected chi connectivity index (χ3v) is 4.21. The van der Waals surface area contributed by atoms with Crippen molar-refractivity contribution in [2.75, 3.05) is 7.05 Å². The third-order valence-electron chi connectivity index (χ3n) is 4.21. The normalized spacial score (nSPS) is 18.4. The van der Waals surface area contributed by atoms with Gasteiger partial charge in [0.1, 0.15) is 6.29 Å². The van der Waals surface area contributed by atoms with Gasteiger partial charge in [0.25, 0.3) is 0 Å². The van der Waals surface area contributed by atoms with Crippen molar-refractivity contribution < 1.29 is 4.79 Å². The molecule has 0 amide bonds. The van der Waals surface area contributed by atoms with Crippen LogP contribution in [0.15, 0.2) is 30.3 Å². The molecule has 0 aromatic heterocycles. The van der Waals surface area contributed by atoms with Crippen LogP contribution in [0.1, 0.15) is 44.6 Å². The van der Waals surface area contributed by atoms with Crippen molar-refractivity contribution in [3.63, 3.8) is 0 Å². The number of benzene rings is 1. The molecule has 3 heteroatoms. The van der Waals surface area contributed by atoms with E-state index in [0.717, 1.165) is 12.8 Å². The van der Waals surface area contributed by atoms with Gasteiger partial charge in [0.15, 0.2) is 0 Å². The summed E-state index contributed by atoms with van der Waals surface area (Å²) in [6, 6.07) is 10.9. The molecule has 0 aliphatic heterocycles. The molecule has 1 atom stereocenters. The van der Waals surface area contributed by atoms with Crippen LogP contribution in [0, 0.1) is 0 Å². The summed E-state index contributed by atoms with van der Waals surface area (Å²) in [4.78, 5) is 11.3. The maximum atomic E-state index is 11.3. The summed E-state index contributed by atoms with van der Waals surface area (Å²) in [5.41, 5.74) is 1.29. The summed E-state index contributed by atoms with van der Waals surface area (Å²) in [6.45, 7) is 2.86. The van der Waals surface area contributed by atoms with Crippen LogP contribution >= 0.6 is 0 Å². The number of rotatable bonds is 6. The van der Waals surface area contributed by atoms with Crippen molar-refractivity contribution in [2.45, 2.75) is 57.7 Å². The second kappa shape index (κ2) is 7.55. The fourth-order valence-electron chi connectivity index (χ4n) is 3.26. The minimum absolute atomic E-state index is 0.0492. The first-order valence-corrected chi connectivity index (χ1v) is 7.71. The van der Waals surface area contributed by atoms with Crippen molar-refractivity contribution >= 4 is 6.29 Å². The van der Waals surface area contributed by atoms with Gasteiger partial charge in [0, 0.05) is 19.6 Å². The average molecular weight is 274 g/mol. The molecule has 3 nitrogen and oxygen atoms in total. The first-order chi connectivity index (χ1) is 9.72. The number of carbonyl (C=O) groups is 1. The SMILES string of the molecule is C[C@@H](C=O)N(C1CCCCC1)N(C)Cc1ccccc1. The molecule has 0 unspecified atom stereocenters. The number of nitrogens with zero attached hydrogens (tertiary/aromatic N) is 2. The molecule has 0 spiro atoms. The Hall–Kier alpha value is -1.19. The second-order valence-corrected chi connectivity index (χ2v) is 5.85. The third kappa shape index (κ3) is 3.90. The number of carbonyl (C=O) groups excluding carboxylic acids is 1. The lowest BCUT2D eigenvalue weighted by atomic mass is 9.94. The quantitative estimate of drug-likeness (QED) is 0.587. The minimum atomic E-state index is -0.0492. The maximum absolute atomic E-state index is 11.3. The molecule has 1 aromatic carbocycles. The lowest BCUT2D eigenvalue weighted by Crippen LogP contribution is -2.52. The molecule has 1 aliphatic rings. The number of hydrogen-bond acceptors (Lipinski definition) is 3. The average Bonchev–Trinajstić information content (AvgIpc) is 2.49. The van der Waals surface area contributed by atoms with Crippen molar-refractivity contribution in [1.82, 2.24) is 10.0 Å². The molecule has 0 heterocycles. The Bertz CT molecular complexity index is 401. The van der Waals surface area contributed by atoms with E-state index in [2.05, 4.69) is 41.3 Å². The highest BCUT2D eigenvalue weighted by molar-refractivity contribution is 5.56. The molecule has 0 bridgehead atoms. The molecule has 2 rings (SSSR count). The predicted octanol–water partition coefficient (Wildman–Crippen LogP) is 3.26. The van der Waals surface area contributed by atoms with Crippen LogP contribution in [0.25, 0.3) is 0 Å². The molecule has 0 saturated heterocycles. The van der Waals surface area contributed by atoms with E-state index >= 15 is 0 Å². The Morgan fingerprint density at radius 2 is 1.85 bits per heavy atom. The van der Waals surface area contributed by atoms with E-state index in [1.54, 1.807) is 0 Å². The molecular weight excluding hydrogens is 248 g/mol. The van der Waals surface area contributed by atoms with Gasteiger partial charge in [0.05, 0.1) is 6.04 Å². The van der Waals surface area contributed by atoms with E-state index in [9.17, 15) is 4.79 Å². The molecule has 1 aliphatic carbocycles. The number of hydrazine groups is 1. The molecule has 1 saturated carbocycles. The fraction of sp³-hybridized carbons (Fsp3) is 0.588. The maximum Gasteiger partial charge on any atom is 0.138 e. The van der Waals surface area contributed by atoms with E-state index in [1.807, 2.05) is 13.0 Å². The van der Waals surface area contributed by atoms with E-state index in [-0.39, 0.29) is 6.04 Å². The van der Waals surface area contributed by atoms with E-state index in [4.69, 9.17) is 0 Å². The molecule has 1 fully saturated rings. The summed E-state index contributed by atoms with van der Waals surface area (Å²) in [7, 11) is 2.10. The monoisotopic (exact) mass is 274 g/mol.